The molecule has 0 fully saturated rings. The lowest BCUT2D eigenvalue weighted by atomic mass is 10.2. The number of anilines is 2. The zero-order chi connectivity index (χ0) is 12.3. The van der Waals surface area contributed by atoms with E-state index in [4.69, 9.17) is 10.5 Å². The number of methoxy groups -OCH3 is 1. The molecule has 0 unspecified atom stereocenters. The van der Waals surface area contributed by atoms with Gasteiger partial charge in [0.2, 0.25) is 11.1 Å². The van der Waals surface area contributed by atoms with Gasteiger partial charge in [-0.05, 0) is 24.3 Å². The first-order valence-electron chi connectivity index (χ1n) is 4.73. The smallest absolute Gasteiger partial charge is 0.258 e. The van der Waals surface area contributed by atoms with Crippen LogP contribution in [-0.2, 0) is 0 Å². The van der Waals surface area contributed by atoms with Crippen LogP contribution >= 0.6 is 11.5 Å². The summed E-state index contributed by atoms with van der Waals surface area (Å²) < 4.78 is 8.86. The SMILES string of the molecule is COc1ccc(C(=O)Nc2nsc(N)n2)cc1. The number of nitrogens with two attached hydrogens (primary N) is 1. The summed E-state index contributed by atoms with van der Waals surface area (Å²) in [5, 5.41) is 2.86. The van der Waals surface area contributed by atoms with Gasteiger partial charge in [0.25, 0.3) is 5.91 Å². The monoisotopic (exact) mass is 250 g/mol. The number of carbonyl (C=O) groups is 1. The second kappa shape index (κ2) is 4.79. The minimum atomic E-state index is -0.287. The summed E-state index contributed by atoms with van der Waals surface area (Å²) in [5.74, 6) is 0.622. The molecular weight excluding hydrogens is 240 g/mol. The van der Waals surface area contributed by atoms with E-state index >= 15 is 0 Å². The molecule has 2 aromatic rings. The van der Waals surface area contributed by atoms with E-state index in [9.17, 15) is 4.79 Å². The zero-order valence-electron chi connectivity index (χ0n) is 9.01. The first kappa shape index (κ1) is 11.3. The number of benzene rings is 1. The van der Waals surface area contributed by atoms with Crippen LogP contribution in [0.3, 0.4) is 0 Å². The molecule has 0 saturated carbocycles. The summed E-state index contributed by atoms with van der Waals surface area (Å²) in [4.78, 5) is 15.6. The van der Waals surface area contributed by atoms with Crippen LogP contribution in [0.5, 0.6) is 5.75 Å². The highest BCUT2D eigenvalue weighted by atomic mass is 32.1. The number of nitrogens with one attached hydrogen (secondary N) is 1. The number of amides is 1. The average Bonchev–Trinajstić information content (AvgIpc) is 2.75. The molecule has 0 radical (unpaired) electrons. The van der Waals surface area contributed by atoms with Crippen LogP contribution in [0.25, 0.3) is 0 Å². The second-order valence-corrected chi connectivity index (χ2v) is 3.92. The molecule has 1 aromatic carbocycles. The van der Waals surface area contributed by atoms with Crippen molar-refractivity contribution in [2.24, 2.45) is 0 Å². The van der Waals surface area contributed by atoms with Crippen LogP contribution in [0.2, 0.25) is 0 Å². The molecule has 0 atom stereocenters. The largest absolute Gasteiger partial charge is 0.497 e. The number of hydrogen-bond acceptors (Lipinski definition) is 6. The van der Waals surface area contributed by atoms with Gasteiger partial charge in [-0.25, -0.2) is 0 Å². The molecule has 1 aromatic heterocycles. The van der Waals surface area contributed by atoms with E-state index in [2.05, 4.69) is 14.7 Å². The number of carbonyl (C=O) groups excluding carboxylic acids is 1. The summed E-state index contributed by atoms with van der Waals surface area (Å²) in [6, 6.07) is 6.73. The summed E-state index contributed by atoms with van der Waals surface area (Å²) in [6.45, 7) is 0. The highest BCUT2D eigenvalue weighted by Crippen LogP contribution is 2.14. The number of ether oxygens (including phenoxy) is 1. The lowest BCUT2D eigenvalue weighted by Crippen LogP contribution is -2.12. The molecule has 6 nitrogen and oxygen atoms in total. The maximum Gasteiger partial charge on any atom is 0.258 e. The Morgan fingerprint density at radius 2 is 2.12 bits per heavy atom. The van der Waals surface area contributed by atoms with E-state index in [1.54, 1.807) is 31.4 Å². The van der Waals surface area contributed by atoms with E-state index in [0.717, 1.165) is 11.5 Å². The third-order valence-corrected chi connectivity index (χ3v) is 2.56. The molecule has 0 saturated heterocycles. The van der Waals surface area contributed by atoms with Crippen LogP contribution in [0.4, 0.5) is 11.1 Å². The van der Waals surface area contributed by atoms with Crippen molar-refractivity contribution in [1.29, 1.82) is 0 Å². The Morgan fingerprint density at radius 3 is 2.65 bits per heavy atom. The van der Waals surface area contributed by atoms with Crippen molar-refractivity contribution in [1.82, 2.24) is 9.36 Å². The maximum absolute atomic E-state index is 11.8. The van der Waals surface area contributed by atoms with Gasteiger partial charge in [-0.3, -0.25) is 10.1 Å². The third-order valence-electron chi connectivity index (χ3n) is 2.02. The normalized spacial score (nSPS) is 9.94. The van der Waals surface area contributed by atoms with Gasteiger partial charge in [-0.15, -0.1) is 0 Å². The van der Waals surface area contributed by atoms with Gasteiger partial charge < -0.3 is 10.5 Å². The molecule has 0 bridgehead atoms. The third kappa shape index (κ3) is 2.70. The Bertz CT molecular complexity index is 523. The number of nitrogen functional groups attached to an aromatic ring is 1. The van der Waals surface area contributed by atoms with Crippen LogP contribution in [0, 0.1) is 0 Å². The lowest BCUT2D eigenvalue weighted by molar-refractivity contribution is 0.102. The van der Waals surface area contributed by atoms with E-state index in [0.29, 0.717) is 16.4 Å². The predicted octanol–water partition coefficient (Wildman–Crippen LogP) is 1.38. The van der Waals surface area contributed by atoms with Crippen molar-refractivity contribution in [2.45, 2.75) is 0 Å². The second-order valence-electron chi connectivity index (χ2n) is 3.14. The van der Waals surface area contributed by atoms with Gasteiger partial charge in [0.1, 0.15) is 5.75 Å². The Hall–Kier alpha value is -2.15. The molecule has 2 rings (SSSR count). The summed E-state index contributed by atoms with van der Waals surface area (Å²) in [7, 11) is 1.57. The van der Waals surface area contributed by atoms with Crippen molar-refractivity contribution in [3.05, 3.63) is 29.8 Å². The van der Waals surface area contributed by atoms with Crippen LogP contribution < -0.4 is 15.8 Å². The standard InChI is InChI=1S/C10H10N4O2S/c1-16-7-4-2-6(3-5-7)8(15)12-10-13-9(11)17-14-10/h2-5H,1H3,(H3,11,12,13,14,15). The number of aromatic nitrogens is 2. The van der Waals surface area contributed by atoms with E-state index in [1.807, 2.05) is 0 Å². The van der Waals surface area contributed by atoms with Crippen molar-refractivity contribution in [3.8, 4) is 5.75 Å². The van der Waals surface area contributed by atoms with Crippen LogP contribution in [0.1, 0.15) is 10.4 Å². The molecule has 0 aliphatic carbocycles. The van der Waals surface area contributed by atoms with Crippen LogP contribution in [0.15, 0.2) is 24.3 Å². The lowest BCUT2D eigenvalue weighted by Gasteiger charge is -2.02. The van der Waals surface area contributed by atoms with Crippen molar-refractivity contribution < 1.29 is 9.53 Å². The first-order valence-corrected chi connectivity index (χ1v) is 5.51. The molecule has 0 spiro atoms. The summed E-state index contributed by atoms with van der Waals surface area (Å²) in [5.41, 5.74) is 5.91. The molecule has 0 aliphatic heterocycles. The minimum absolute atomic E-state index is 0.216. The average molecular weight is 250 g/mol. The topological polar surface area (TPSA) is 90.1 Å². The molecular formula is C10H10N4O2S. The van der Waals surface area contributed by atoms with Gasteiger partial charge in [0.05, 0.1) is 7.11 Å². The number of rotatable bonds is 3. The Labute approximate surface area is 102 Å². The van der Waals surface area contributed by atoms with Gasteiger partial charge >= 0.3 is 0 Å². The van der Waals surface area contributed by atoms with E-state index in [1.165, 1.54) is 0 Å². The molecule has 17 heavy (non-hydrogen) atoms. The van der Waals surface area contributed by atoms with E-state index in [-0.39, 0.29) is 11.9 Å². The van der Waals surface area contributed by atoms with Crippen molar-refractivity contribution in [2.75, 3.05) is 18.2 Å². The highest BCUT2D eigenvalue weighted by Gasteiger charge is 2.09. The van der Waals surface area contributed by atoms with Crippen LogP contribution in [-0.4, -0.2) is 22.4 Å². The summed E-state index contributed by atoms with van der Waals surface area (Å²) in [6.07, 6.45) is 0. The Morgan fingerprint density at radius 1 is 1.41 bits per heavy atom. The summed E-state index contributed by atoms with van der Waals surface area (Å²) >= 11 is 1.03. The van der Waals surface area contributed by atoms with Gasteiger partial charge in [0.15, 0.2) is 0 Å². The molecule has 88 valence electrons. The fourth-order valence-corrected chi connectivity index (χ4v) is 1.60. The minimum Gasteiger partial charge on any atom is -0.497 e. The Kier molecular flexibility index (Phi) is 3.20. The fourth-order valence-electron chi connectivity index (χ4n) is 1.20. The highest BCUT2D eigenvalue weighted by molar-refractivity contribution is 7.09. The number of hydrogen-bond donors (Lipinski definition) is 2. The molecule has 7 heteroatoms. The molecule has 3 N–H and O–H groups in total. The van der Waals surface area contributed by atoms with Gasteiger partial charge in [-0.2, -0.15) is 9.36 Å². The van der Waals surface area contributed by atoms with Gasteiger partial charge in [-0.1, -0.05) is 0 Å². The quantitative estimate of drug-likeness (QED) is 0.858. The van der Waals surface area contributed by atoms with Crippen molar-refractivity contribution >= 4 is 28.5 Å². The zero-order valence-corrected chi connectivity index (χ0v) is 9.82. The molecule has 1 heterocycles. The Balaban J connectivity index is 2.09. The van der Waals surface area contributed by atoms with E-state index < -0.39 is 0 Å². The molecule has 0 aliphatic rings. The predicted molar refractivity (Wildman–Crippen MR) is 65.3 cm³/mol. The maximum atomic E-state index is 11.8. The fraction of sp³-hybridized carbons (Fsp3) is 0.100. The van der Waals surface area contributed by atoms with Crippen molar-refractivity contribution in [3.63, 3.8) is 0 Å². The first-order chi connectivity index (χ1) is 8.19. The number of nitrogens with zero attached hydrogens (tertiary/aromatic N) is 2. The van der Waals surface area contributed by atoms with Gasteiger partial charge in [0, 0.05) is 17.1 Å². The molecule has 1 amide bonds.